The maximum Gasteiger partial charge on any atom is 0.147 e. The van der Waals surface area contributed by atoms with Crippen LogP contribution in [0.1, 0.15) is 52.7 Å². The smallest absolute Gasteiger partial charge is 0.147 e. The predicted molar refractivity (Wildman–Crippen MR) is 169 cm³/mol. The summed E-state index contributed by atoms with van der Waals surface area (Å²) in [4.78, 5) is 5.17. The maximum absolute atomic E-state index is 5.17. The molecule has 0 radical (unpaired) electrons. The highest BCUT2D eigenvalue weighted by Crippen LogP contribution is 2.38. The van der Waals surface area contributed by atoms with E-state index in [0.29, 0.717) is 0 Å². The van der Waals surface area contributed by atoms with Crippen molar-refractivity contribution in [2.75, 3.05) is 0 Å². The summed E-state index contributed by atoms with van der Waals surface area (Å²) in [5.41, 5.74) is 10.0. The monoisotopic (exact) mass is 528 g/mol. The van der Waals surface area contributed by atoms with Crippen molar-refractivity contribution in [2.45, 2.75) is 53.4 Å². The summed E-state index contributed by atoms with van der Waals surface area (Å²) in [5, 5.41) is 3.56. The fourth-order valence-electron chi connectivity index (χ4n) is 5.41. The molecule has 0 amide bonds. The molecule has 2 nitrogen and oxygen atoms in total. The Labute approximate surface area is 236 Å². The van der Waals surface area contributed by atoms with E-state index in [1.807, 2.05) is 0 Å². The van der Waals surface area contributed by atoms with Crippen molar-refractivity contribution >= 4 is 32.5 Å². The van der Waals surface area contributed by atoms with Gasteiger partial charge in [-0.3, -0.25) is 4.57 Å². The van der Waals surface area contributed by atoms with Gasteiger partial charge >= 0.3 is 0 Å². The van der Waals surface area contributed by atoms with Gasteiger partial charge in [0.05, 0.1) is 11.0 Å². The zero-order valence-electron chi connectivity index (χ0n) is 23.7. The van der Waals surface area contributed by atoms with Crippen LogP contribution in [0.25, 0.3) is 49.3 Å². The molecule has 39 heavy (non-hydrogen) atoms. The molecule has 196 valence electrons. The molecular weight excluding hydrogens is 492 g/mol. The Bertz CT molecular complexity index is 1770. The highest BCUT2D eigenvalue weighted by molar-refractivity contribution is 7.17. The van der Waals surface area contributed by atoms with E-state index in [-0.39, 0.29) is 10.8 Å². The van der Waals surface area contributed by atoms with Crippen LogP contribution in [-0.4, -0.2) is 9.55 Å². The first-order valence-corrected chi connectivity index (χ1v) is 14.6. The largest absolute Gasteiger partial charge is 0.292 e. The first-order chi connectivity index (χ1) is 18.6. The third kappa shape index (κ3) is 5.04. The quantitative estimate of drug-likeness (QED) is 0.222. The van der Waals surface area contributed by atoms with E-state index in [1.165, 1.54) is 37.9 Å². The molecule has 3 heteroatoms. The number of hydrogen-bond donors (Lipinski definition) is 0. The zero-order valence-corrected chi connectivity index (χ0v) is 24.6. The lowest BCUT2D eigenvalue weighted by molar-refractivity contribution is 0.411. The Balaban J connectivity index is 1.45. The molecule has 6 rings (SSSR count). The molecule has 0 saturated carbocycles. The second-order valence-electron chi connectivity index (χ2n) is 12.9. The van der Waals surface area contributed by atoms with Crippen molar-refractivity contribution in [3.05, 3.63) is 108 Å². The van der Waals surface area contributed by atoms with Crippen LogP contribution in [-0.2, 0) is 11.8 Å². The summed E-state index contributed by atoms with van der Waals surface area (Å²) in [7, 11) is 0. The third-order valence-electron chi connectivity index (χ3n) is 7.38. The Kier molecular flexibility index (Phi) is 6.23. The molecule has 0 N–H and O–H groups in total. The molecule has 0 aliphatic carbocycles. The minimum Gasteiger partial charge on any atom is -0.292 e. The fourth-order valence-corrected chi connectivity index (χ4v) is 6.33. The minimum absolute atomic E-state index is 0.153. The SMILES string of the molecule is CC(C)(C)Cc1ccc2scc(-c3nc4ccccc4n3-c3ccc(-c4ccc(C(C)(C)C)cc4)cc3)c2c1. The highest BCUT2D eigenvalue weighted by atomic mass is 32.1. The molecule has 0 atom stereocenters. The van der Waals surface area contributed by atoms with E-state index < -0.39 is 0 Å². The number of hydrogen-bond acceptors (Lipinski definition) is 2. The number of para-hydroxylation sites is 2. The molecule has 0 aliphatic rings. The van der Waals surface area contributed by atoms with Gasteiger partial charge in [0.15, 0.2) is 0 Å². The molecule has 0 unspecified atom stereocenters. The first kappa shape index (κ1) is 25.6. The van der Waals surface area contributed by atoms with Crippen LogP contribution in [0.2, 0.25) is 0 Å². The van der Waals surface area contributed by atoms with Gasteiger partial charge < -0.3 is 0 Å². The average Bonchev–Trinajstić information content (AvgIpc) is 3.48. The van der Waals surface area contributed by atoms with Crippen molar-refractivity contribution in [1.29, 1.82) is 0 Å². The van der Waals surface area contributed by atoms with Gasteiger partial charge in [0.1, 0.15) is 5.82 Å². The first-order valence-electron chi connectivity index (χ1n) is 13.8. The van der Waals surface area contributed by atoms with Crippen molar-refractivity contribution in [3.8, 4) is 28.2 Å². The summed E-state index contributed by atoms with van der Waals surface area (Å²) in [6, 6.07) is 33.3. The molecule has 0 saturated heterocycles. The molecule has 2 heterocycles. The highest BCUT2D eigenvalue weighted by Gasteiger charge is 2.19. The zero-order chi connectivity index (χ0) is 27.4. The number of rotatable bonds is 4. The van der Waals surface area contributed by atoms with Gasteiger partial charge in [0.25, 0.3) is 0 Å². The number of nitrogens with zero attached hydrogens (tertiary/aromatic N) is 2. The van der Waals surface area contributed by atoms with Crippen molar-refractivity contribution < 1.29 is 0 Å². The van der Waals surface area contributed by atoms with E-state index in [9.17, 15) is 0 Å². The minimum atomic E-state index is 0.153. The molecule has 0 fully saturated rings. The Morgan fingerprint density at radius 2 is 1.41 bits per heavy atom. The van der Waals surface area contributed by atoms with E-state index in [2.05, 4.69) is 142 Å². The summed E-state index contributed by atoms with van der Waals surface area (Å²) in [6.07, 6.45) is 1.05. The van der Waals surface area contributed by atoms with E-state index in [0.717, 1.165) is 29.0 Å². The predicted octanol–water partition coefficient (Wildman–Crippen LogP) is 10.5. The number of fused-ring (bicyclic) bond motifs is 2. The number of aromatic nitrogens is 2. The van der Waals surface area contributed by atoms with Crippen molar-refractivity contribution in [1.82, 2.24) is 9.55 Å². The molecule has 2 aromatic heterocycles. The lowest BCUT2D eigenvalue weighted by Gasteiger charge is -2.19. The van der Waals surface area contributed by atoms with Crippen LogP contribution in [0, 0.1) is 5.41 Å². The van der Waals surface area contributed by atoms with Gasteiger partial charge in [-0.2, -0.15) is 0 Å². The molecule has 0 spiro atoms. The molecule has 0 bridgehead atoms. The van der Waals surface area contributed by atoms with Gasteiger partial charge in [-0.15, -0.1) is 11.3 Å². The van der Waals surface area contributed by atoms with E-state index >= 15 is 0 Å². The fraction of sp³-hybridized carbons (Fsp3) is 0.250. The Morgan fingerprint density at radius 3 is 2.08 bits per heavy atom. The summed E-state index contributed by atoms with van der Waals surface area (Å²) in [6.45, 7) is 13.7. The Morgan fingerprint density at radius 1 is 0.744 bits per heavy atom. The van der Waals surface area contributed by atoms with Crippen LogP contribution in [0.3, 0.4) is 0 Å². The summed E-state index contributed by atoms with van der Waals surface area (Å²) in [5.74, 6) is 0.998. The van der Waals surface area contributed by atoms with E-state index in [4.69, 9.17) is 4.98 Å². The van der Waals surface area contributed by atoms with E-state index in [1.54, 1.807) is 11.3 Å². The normalized spacial score (nSPS) is 12.5. The average molecular weight is 529 g/mol. The van der Waals surface area contributed by atoms with Crippen molar-refractivity contribution in [3.63, 3.8) is 0 Å². The van der Waals surface area contributed by atoms with Gasteiger partial charge in [0, 0.05) is 26.7 Å². The van der Waals surface area contributed by atoms with Gasteiger partial charge in [0.2, 0.25) is 0 Å². The van der Waals surface area contributed by atoms with Crippen LogP contribution in [0.15, 0.2) is 96.4 Å². The number of imidazole rings is 1. The van der Waals surface area contributed by atoms with Crippen molar-refractivity contribution in [2.24, 2.45) is 5.41 Å². The lowest BCUT2D eigenvalue weighted by atomic mass is 9.86. The lowest BCUT2D eigenvalue weighted by Crippen LogP contribution is -2.10. The second kappa shape index (κ2) is 9.50. The summed E-state index contributed by atoms with van der Waals surface area (Å²) < 4.78 is 3.62. The number of thiophene rings is 1. The molecular formula is C36H36N2S. The van der Waals surface area contributed by atoms with Gasteiger partial charge in [-0.1, -0.05) is 96.1 Å². The van der Waals surface area contributed by atoms with Crippen LogP contribution < -0.4 is 0 Å². The topological polar surface area (TPSA) is 17.8 Å². The molecule has 6 aromatic rings. The van der Waals surface area contributed by atoms with Crippen LogP contribution in [0.4, 0.5) is 0 Å². The maximum atomic E-state index is 5.17. The van der Waals surface area contributed by atoms with Gasteiger partial charge in [-0.25, -0.2) is 4.98 Å². The second-order valence-corrected chi connectivity index (χ2v) is 13.8. The third-order valence-corrected chi connectivity index (χ3v) is 8.35. The molecule has 4 aromatic carbocycles. The Hall–Kier alpha value is -3.69. The van der Waals surface area contributed by atoms with Crippen LogP contribution in [0.5, 0.6) is 0 Å². The van der Waals surface area contributed by atoms with Gasteiger partial charge in [-0.05, 0) is 75.9 Å². The molecule has 0 aliphatic heterocycles. The number of benzene rings is 4. The summed E-state index contributed by atoms with van der Waals surface area (Å²) >= 11 is 1.80. The van der Waals surface area contributed by atoms with Crippen LogP contribution >= 0.6 is 11.3 Å². The standard InChI is InChI=1S/C36H36N2S/c1-35(2,3)22-24-11-20-33-29(21-24)30(23-39-33)34-37-31-9-7-8-10-32(31)38(34)28-18-14-26(15-19-28)25-12-16-27(17-13-25)36(4,5)6/h7-21,23H,22H2,1-6H3.